The smallest absolute Gasteiger partial charge is 0.0716 e. The van der Waals surface area contributed by atoms with Crippen LogP contribution < -0.4 is 5.73 Å². The molecule has 0 saturated heterocycles. The molecule has 2 aromatic rings. The number of H-pyrrole nitrogens is 1. The van der Waals surface area contributed by atoms with E-state index >= 15 is 0 Å². The summed E-state index contributed by atoms with van der Waals surface area (Å²) in [6.07, 6.45) is 0.793. The predicted molar refractivity (Wildman–Crippen MR) is 69.2 cm³/mol. The highest BCUT2D eigenvalue weighted by Gasteiger charge is 2.13. The Kier molecular flexibility index (Phi) is 3.41. The Hall–Kier alpha value is -1.13. The van der Waals surface area contributed by atoms with E-state index in [-0.39, 0.29) is 0 Å². The molecule has 0 aliphatic heterocycles. The quantitative estimate of drug-likeness (QED) is 0.908. The zero-order chi connectivity index (χ0) is 11.5. The first-order valence-electron chi connectivity index (χ1n) is 5.23. The average molecular weight is 280 g/mol. The van der Waals surface area contributed by atoms with Crippen LogP contribution in [-0.2, 0) is 6.42 Å². The second-order valence-corrected chi connectivity index (χ2v) is 4.54. The third kappa shape index (κ3) is 2.03. The van der Waals surface area contributed by atoms with Crippen LogP contribution in [0.1, 0.15) is 11.4 Å². The number of aromatic amines is 1. The summed E-state index contributed by atoms with van der Waals surface area (Å²) in [6.45, 7) is 2.64. The van der Waals surface area contributed by atoms with E-state index in [1.807, 2.05) is 25.1 Å². The molecule has 0 unspecified atom stereocenters. The normalized spacial score (nSPS) is 10.7. The van der Waals surface area contributed by atoms with Gasteiger partial charge in [-0.05, 0) is 25.1 Å². The molecular weight excluding hydrogens is 266 g/mol. The maximum atomic E-state index is 5.59. The van der Waals surface area contributed by atoms with E-state index in [0.29, 0.717) is 6.54 Å². The molecule has 0 aliphatic carbocycles. The Morgan fingerprint density at radius 1 is 1.38 bits per heavy atom. The van der Waals surface area contributed by atoms with Gasteiger partial charge in [0.1, 0.15) is 0 Å². The van der Waals surface area contributed by atoms with Gasteiger partial charge in [-0.2, -0.15) is 5.10 Å². The Balaban J connectivity index is 2.54. The van der Waals surface area contributed by atoms with Crippen molar-refractivity contribution in [3.05, 3.63) is 40.1 Å². The van der Waals surface area contributed by atoms with Crippen molar-refractivity contribution < 1.29 is 0 Å². The molecule has 84 valence electrons. The summed E-state index contributed by atoms with van der Waals surface area (Å²) in [5.74, 6) is 0. The predicted octanol–water partition coefficient (Wildman–Crippen LogP) is 2.65. The van der Waals surface area contributed by atoms with E-state index in [0.717, 1.165) is 33.4 Å². The van der Waals surface area contributed by atoms with E-state index in [4.69, 9.17) is 5.73 Å². The zero-order valence-corrected chi connectivity index (χ0v) is 10.7. The molecule has 0 radical (unpaired) electrons. The van der Waals surface area contributed by atoms with Gasteiger partial charge in [0.2, 0.25) is 0 Å². The number of halogens is 1. The lowest BCUT2D eigenvalue weighted by atomic mass is 10.0. The number of hydrogen-bond acceptors (Lipinski definition) is 2. The molecule has 0 fully saturated rings. The van der Waals surface area contributed by atoms with Gasteiger partial charge >= 0.3 is 0 Å². The zero-order valence-electron chi connectivity index (χ0n) is 9.13. The van der Waals surface area contributed by atoms with Gasteiger partial charge in [0.15, 0.2) is 0 Å². The van der Waals surface area contributed by atoms with Gasteiger partial charge in [-0.15, -0.1) is 0 Å². The van der Waals surface area contributed by atoms with E-state index in [1.54, 1.807) is 0 Å². The van der Waals surface area contributed by atoms with Crippen molar-refractivity contribution in [2.24, 2.45) is 5.73 Å². The first-order chi connectivity index (χ1) is 7.74. The number of nitrogens with two attached hydrogens (primary N) is 1. The molecule has 1 aromatic heterocycles. The van der Waals surface area contributed by atoms with Gasteiger partial charge in [0.05, 0.1) is 5.69 Å². The van der Waals surface area contributed by atoms with E-state index in [1.165, 1.54) is 0 Å². The third-order valence-corrected chi connectivity index (χ3v) is 3.24. The maximum Gasteiger partial charge on any atom is 0.0716 e. The van der Waals surface area contributed by atoms with Gasteiger partial charge < -0.3 is 5.73 Å². The number of benzene rings is 1. The lowest BCUT2D eigenvalue weighted by Gasteiger charge is -2.05. The Morgan fingerprint density at radius 2 is 2.12 bits per heavy atom. The second-order valence-electron chi connectivity index (χ2n) is 3.69. The molecule has 4 heteroatoms. The minimum absolute atomic E-state index is 0.613. The third-order valence-electron chi connectivity index (χ3n) is 2.55. The fourth-order valence-electron chi connectivity index (χ4n) is 1.82. The minimum Gasteiger partial charge on any atom is -0.330 e. The van der Waals surface area contributed by atoms with Crippen LogP contribution >= 0.6 is 15.9 Å². The van der Waals surface area contributed by atoms with Crippen LogP contribution in [0.25, 0.3) is 11.1 Å². The van der Waals surface area contributed by atoms with Crippen molar-refractivity contribution in [1.29, 1.82) is 0 Å². The largest absolute Gasteiger partial charge is 0.330 e. The Bertz CT molecular complexity index is 491. The van der Waals surface area contributed by atoms with Crippen molar-refractivity contribution in [2.45, 2.75) is 13.3 Å². The first-order valence-corrected chi connectivity index (χ1v) is 6.02. The minimum atomic E-state index is 0.613. The summed E-state index contributed by atoms with van der Waals surface area (Å²) >= 11 is 3.56. The summed E-state index contributed by atoms with van der Waals surface area (Å²) in [4.78, 5) is 0. The molecule has 3 N–H and O–H groups in total. The average Bonchev–Trinajstić information content (AvgIpc) is 2.62. The van der Waals surface area contributed by atoms with Crippen molar-refractivity contribution in [3.63, 3.8) is 0 Å². The number of nitrogens with one attached hydrogen (secondary N) is 1. The number of aryl methyl sites for hydroxylation is 1. The van der Waals surface area contributed by atoms with E-state index in [9.17, 15) is 0 Å². The number of aromatic nitrogens is 2. The lowest BCUT2D eigenvalue weighted by Crippen LogP contribution is -2.04. The molecule has 3 nitrogen and oxygen atoms in total. The van der Waals surface area contributed by atoms with Crippen molar-refractivity contribution >= 4 is 15.9 Å². The molecule has 2 rings (SSSR count). The monoisotopic (exact) mass is 279 g/mol. The SMILES string of the molecule is Cc1[nH]nc(CCN)c1-c1ccccc1Br. The van der Waals surface area contributed by atoms with Gasteiger partial charge in [0, 0.05) is 22.2 Å². The molecule has 0 amide bonds. The molecule has 0 bridgehead atoms. The fraction of sp³-hybridized carbons (Fsp3) is 0.250. The maximum absolute atomic E-state index is 5.59. The highest BCUT2D eigenvalue weighted by Crippen LogP contribution is 2.32. The number of hydrogen-bond donors (Lipinski definition) is 2. The molecule has 0 spiro atoms. The molecule has 1 aromatic carbocycles. The van der Waals surface area contributed by atoms with Crippen molar-refractivity contribution in [3.8, 4) is 11.1 Å². The summed E-state index contributed by atoms with van der Waals surface area (Å²) in [5, 5.41) is 7.32. The Labute approximate surface area is 103 Å². The molecule has 0 atom stereocenters. The fourth-order valence-corrected chi connectivity index (χ4v) is 2.30. The molecular formula is C12H14BrN3. The van der Waals surface area contributed by atoms with E-state index < -0.39 is 0 Å². The Morgan fingerprint density at radius 3 is 2.81 bits per heavy atom. The number of nitrogens with zero attached hydrogens (tertiary/aromatic N) is 1. The second kappa shape index (κ2) is 4.80. The highest BCUT2D eigenvalue weighted by molar-refractivity contribution is 9.10. The first kappa shape index (κ1) is 11.4. The van der Waals surface area contributed by atoms with E-state index in [2.05, 4.69) is 32.2 Å². The molecule has 0 saturated carbocycles. The molecule has 16 heavy (non-hydrogen) atoms. The van der Waals surface area contributed by atoms with Gasteiger partial charge in [-0.1, -0.05) is 34.1 Å². The van der Waals surface area contributed by atoms with Crippen LogP contribution in [0.2, 0.25) is 0 Å². The number of rotatable bonds is 3. The highest BCUT2D eigenvalue weighted by atomic mass is 79.9. The summed E-state index contributed by atoms with van der Waals surface area (Å²) < 4.78 is 1.08. The summed E-state index contributed by atoms with van der Waals surface area (Å²) in [5.41, 5.74) is 10.0. The molecule has 1 heterocycles. The van der Waals surface area contributed by atoms with Crippen LogP contribution in [0.15, 0.2) is 28.7 Å². The van der Waals surface area contributed by atoms with Gasteiger partial charge in [0.25, 0.3) is 0 Å². The summed E-state index contributed by atoms with van der Waals surface area (Å²) in [7, 11) is 0. The van der Waals surface area contributed by atoms with Gasteiger partial charge in [-0.25, -0.2) is 0 Å². The summed E-state index contributed by atoms with van der Waals surface area (Å²) in [6, 6.07) is 8.15. The van der Waals surface area contributed by atoms with Crippen LogP contribution in [0.5, 0.6) is 0 Å². The standard InChI is InChI=1S/C12H14BrN3/c1-8-12(11(6-7-14)16-15-8)9-4-2-3-5-10(9)13/h2-5H,6-7,14H2,1H3,(H,15,16). The lowest BCUT2D eigenvalue weighted by molar-refractivity contribution is 0.899. The van der Waals surface area contributed by atoms with Crippen molar-refractivity contribution in [1.82, 2.24) is 10.2 Å². The van der Waals surface area contributed by atoms with Crippen LogP contribution in [-0.4, -0.2) is 16.7 Å². The van der Waals surface area contributed by atoms with Gasteiger partial charge in [-0.3, -0.25) is 5.10 Å². The van der Waals surface area contributed by atoms with Crippen molar-refractivity contribution in [2.75, 3.05) is 6.54 Å². The molecule has 0 aliphatic rings. The topological polar surface area (TPSA) is 54.7 Å². The van der Waals surface area contributed by atoms with Crippen LogP contribution in [0, 0.1) is 6.92 Å². The van der Waals surface area contributed by atoms with Crippen LogP contribution in [0.4, 0.5) is 0 Å². The van der Waals surface area contributed by atoms with Crippen LogP contribution in [0.3, 0.4) is 0 Å².